The van der Waals surface area contributed by atoms with E-state index in [-0.39, 0.29) is 16.9 Å². The molecule has 1 saturated carbocycles. The van der Waals surface area contributed by atoms with E-state index in [0.717, 1.165) is 37.8 Å². The number of likely N-dealkylation sites (N-methyl/N-ethyl adjacent to an activating group) is 1. The molecule has 1 aromatic heterocycles. The molecule has 0 unspecified atom stereocenters. The van der Waals surface area contributed by atoms with Crippen LogP contribution < -0.4 is 10.0 Å². The quantitative estimate of drug-likeness (QED) is 0.748. The van der Waals surface area contributed by atoms with Gasteiger partial charge in [-0.3, -0.25) is 4.72 Å². The molecule has 0 saturated heterocycles. The van der Waals surface area contributed by atoms with Crippen LogP contribution in [0.5, 0.6) is 0 Å². The lowest BCUT2D eigenvalue weighted by Gasteiger charge is -2.37. The number of aromatic nitrogens is 1. The molecule has 1 aliphatic carbocycles. The van der Waals surface area contributed by atoms with Crippen molar-refractivity contribution in [1.29, 1.82) is 0 Å². The maximum Gasteiger partial charge on any atom is 0.266 e. The number of anilines is 2. The number of halogens is 2. The van der Waals surface area contributed by atoms with Crippen molar-refractivity contribution in [2.24, 2.45) is 0 Å². The first-order valence-electron chi connectivity index (χ1n) is 8.63. The van der Waals surface area contributed by atoms with Crippen molar-refractivity contribution in [2.75, 3.05) is 24.1 Å². The van der Waals surface area contributed by atoms with E-state index in [1.807, 2.05) is 14.1 Å². The van der Waals surface area contributed by atoms with Gasteiger partial charge < -0.3 is 14.7 Å². The number of rotatable bonds is 6. The second kappa shape index (κ2) is 8.04. The third-order valence-electron chi connectivity index (χ3n) is 4.72. The fourth-order valence-corrected chi connectivity index (χ4v) is 4.76. The van der Waals surface area contributed by atoms with Crippen LogP contribution in [0.4, 0.5) is 15.9 Å². The van der Waals surface area contributed by atoms with Crippen LogP contribution in [0.25, 0.3) is 0 Å². The van der Waals surface area contributed by atoms with Gasteiger partial charge in [-0.05, 0) is 39.1 Å². The lowest BCUT2D eigenvalue weighted by atomic mass is 9.89. The number of benzene rings is 1. The van der Waals surface area contributed by atoms with Gasteiger partial charge in [-0.25, -0.2) is 12.8 Å². The van der Waals surface area contributed by atoms with Gasteiger partial charge in [-0.2, -0.15) is 0 Å². The Morgan fingerprint density at radius 1 is 1.30 bits per heavy atom. The highest BCUT2D eigenvalue weighted by Gasteiger charge is 2.28. The smallest absolute Gasteiger partial charge is 0.266 e. The summed E-state index contributed by atoms with van der Waals surface area (Å²) in [6.45, 7) is 0. The van der Waals surface area contributed by atoms with Crippen molar-refractivity contribution in [3.63, 3.8) is 0 Å². The van der Waals surface area contributed by atoms with Crippen LogP contribution in [0.3, 0.4) is 0 Å². The van der Waals surface area contributed by atoms with Gasteiger partial charge >= 0.3 is 0 Å². The minimum Gasteiger partial charge on any atom is -0.379 e. The molecule has 1 aromatic carbocycles. The van der Waals surface area contributed by atoms with Crippen molar-refractivity contribution >= 4 is 33.1 Å². The molecule has 2 atom stereocenters. The summed E-state index contributed by atoms with van der Waals surface area (Å²) < 4.78 is 46.1. The normalized spacial score (nSPS) is 20.6. The topological polar surface area (TPSA) is 87.5 Å². The Labute approximate surface area is 162 Å². The summed E-state index contributed by atoms with van der Waals surface area (Å²) in [6, 6.07) is 3.96. The average Bonchev–Trinajstić information content (AvgIpc) is 3.10. The number of nitrogens with zero attached hydrogens (tertiary/aromatic N) is 2. The van der Waals surface area contributed by atoms with Gasteiger partial charge in [-0.1, -0.05) is 29.6 Å². The minimum absolute atomic E-state index is 0.0382. The van der Waals surface area contributed by atoms with Gasteiger partial charge in [0, 0.05) is 18.2 Å². The molecule has 7 nitrogen and oxygen atoms in total. The molecule has 0 amide bonds. The summed E-state index contributed by atoms with van der Waals surface area (Å²) in [4.78, 5) is 1.59. The molecule has 1 fully saturated rings. The molecular weight excluding hydrogens is 395 g/mol. The van der Waals surface area contributed by atoms with Crippen LogP contribution in [-0.2, 0) is 10.0 Å². The number of nitrogens with one attached hydrogen (secondary N) is 2. The Morgan fingerprint density at radius 3 is 2.70 bits per heavy atom. The predicted molar refractivity (Wildman–Crippen MR) is 102 cm³/mol. The van der Waals surface area contributed by atoms with E-state index >= 15 is 0 Å². The molecule has 1 heterocycles. The Kier molecular flexibility index (Phi) is 5.92. The van der Waals surface area contributed by atoms with Crippen molar-refractivity contribution < 1.29 is 17.3 Å². The maximum atomic E-state index is 14.6. The third kappa shape index (κ3) is 4.53. The lowest BCUT2D eigenvalue weighted by molar-refractivity contribution is 0.211. The molecule has 3 rings (SSSR count). The number of sulfonamides is 1. The van der Waals surface area contributed by atoms with Gasteiger partial charge in [0.1, 0.15) is 17.0 Å². The predicted octanol–water partition coefficient (Wildman–Crippen LogP) is 3.55. The molecule has 27 heavy (non-hydrogen) atoms. The summed E-state index contributed by atoms with van der Waals surface area (Å²) in [5, 5.41) is 6.89. The molecular formula is C17H22ClFN4O3S. The molecule has 1 aliphatic rings. The first-order valence-corrected chi connectivity index (χ1v) is 10.5. The third-order valence-corrected chi connectivity index (χ3v) is 6.40. The van der Waals surface area contributed by atoms with Crippen molar-refractivity contribution in [3.05, 3.63) is 35.3 Å². The van der Waals surface area contributed by atoms with Crippen LogP contribution >= 0.6 is 11.6 Å². The summed E-state index contributed by atoms with van der Waals surface area (Å²) in [5.41, 5.74) is 0.383. The van der Waals surface area contributed by atoms with E-state index in [0.29, 0.717) is 11.7 Å². The standard InChI is InChI=1S/C17H22ClFN4O3S/c1-23(2)15-6-4-3-5-13(15)20-14-10-12(19)16(9-11(14)18)27(24,25)22-17-7-8-26-21-17/h7-10,13,15,20H,3-6H2,1-2H3,(H,21,22)/t13-,15-/m0/s1. The van der Waals surface area contributed by atoms with E-state index in [1.165, 1.54) is 12.3 Å². The van der Waals surface area contributed by atoms with Gasteiger partial charge in [0.05, 0.1) is 10.7 Å². The zero-order valence-corrected chi connectivity index (χ0v) is 16.6. The van der Waals surface area contributed by atoms with Crippen LogP contribution in [0.15, 0.2) is 33.9 Å². The largest absolute Gasteiger partial charge is 0.379 e. The van der Waals surface area contributed by atoms with E-state index < -0.39 is 20.7 Å². The minimum atomic E-state index is -4.18. The number of hydrogen-bond acceptors (Lipinski definition) is 6. The monoisotopic (exact) mass is 416 g/mol. The van der Waals surface area contributed by atoms with Crippen LogP contribution in [0.1, 0.15) is 25.7 Å². The summed E-state index contributed by atoms with van der Waals surface area (Å²) in [6.07, 6.45) is 5.41. The van der Waals surface area contributed by atoms with Crippen molar-refractivity contribution in [1.82, 2.24) is 10.1 Å². The Morgan fingerprint density at radius 2 is 2.04 bits per heavy atom. The number of hydrogen-bond donors (Lipinski definition) is 2. The Bertz CT molecular complexity index is 890. The highest BCUT2D eigenvalue weighted by molar-refractivity contribution is 7.92. The Hall–Kier alpha value is -1.84. The fraction of sp³-hybridized carbons (Fsp3) is 0.471. The first-order chi connectivity index (χ1) is 12.8. The molecule has 10 heteroatoms. The fourth-order valence-electron chi connectivity index (χ4n) is 3.40. The van der Waals surface area contributed by atoms with Crippen molar-refractivity contribution in [2.45, 2.75) is 42.7 Å². The molecule has 0 bridgehead atoms. The van der Waals surface area contributed by atoms with E-state index in [2.05, 4.69) is 24.6 Å². The van der Waals surface area contributed by atoms with Gasteiger partial charge in [0.25, 0.3) is 10.0 Å². The molecule has 2 N–H and O–H groups in total. The van der Waals surface area contributed by atoms with Gasteiger partial charge in [0.2, 0.25) is 0 Å². The maximum absolute atomic E-state index is 14.6. The molecule has 0 aliphatic heterocycles. The van der Waals surface area contributed by atoms with E-state index in [4.69, 9.17) is 11.6 Å². The molecule has 0 radical (unpaired) electrons. The van der Waals surface area contributed by atoms with Gasteiger partial charge in [0.15, 0.2) is 5.82 Å². The highest BCUT2D eigenvalue weighted by Crippen LogP contribution is 2.32. The highest BCUT2D eigenvalue weighted by atomic mass is 35.5. The zero-order valence-electron chi connectivity index (χ0n) is 15.1. The second-order valence-corrected chi connectivity index (χ2v) is 8.88. The van der Waals surface area contributed by atoms with Crippen molar-refractivity contribution in [3.8, 4) is 0 Å². The molecule has 2 aromatic rings. The molecule has 0 spiro atoms. The van der Waals surface area contributed by atoms with E-state index in [9.17, 15) is 12.8 Å². The SMILES string of the molecule is CN(C)[C@H]1CCCC[C@@H]1Nc1cc(F)c(S(=O)(=O)Nc2ccon2)cc1Cl. The Balaban J connectivity index is 1.84. The average molecular weight is 417 g/mol. The summed E-state index contributed by atoms with van der Waals surface area (Å²) in [5.74, 6) is -0.932. The first kappa shape index (κ1) is 19.9. The van der Waals surface area contributed by atoms with Crippen LogP contribution in [-0.4, -0.2) is 44.7 Å². The van der Waals surface area contributed by atoms with Crippen LogP contribution in [0, 0.1) is 5.82 Å². The molecule has 148 valence electrons. The van der Waals surface area contributed by atoms with E-state index in [1.54, 1.807) is 0 Å². The zero-order chi connectivity index (χ0) is 19.6. The summed E-state index contributed by atoms with van der Waals surface area (Å²) >= 11 is 6.27. The second-order valence-electron chi connectivity index (χ2n) is 6.82. The lowest BCUT2D eigenvalue weighted by Crippen LogP contribution is -2.45. The van der Waals surface area contributed by atoms with Crippen LogP contribution in [0.2, 0.25) is 5.02 Å². The summed E-state index contributed by atoms with van der Waals surface area (Å²) in [7, 11) is -0.154. The van der Waals surface area contributed by atoms with Gasteiger partial charge in [-0.15, -0.1) is 0 Å².